The van der Waals surface area contributed by atoms with Gasteiger partial charge in [-0.2, -0.15) is 13.9 Å². The Balaban J connectivity index is 1.69. The number of nitrogens with zero attached hydrogens (tertiary/aromatic N) is 4. The van der Waals surface area contributed by atoms with Crippen molar-refractivity contribution >= 4 is 28.1 Å². The summed E-state index contributed by atoms with van der Waals surface area (Å²) in [4.78, 5) is 26.5. The molecule has 31 heavy (non-hydrogen) atoms. The van der Waals surface area contributed by atoms with E-state index in [4.69, 9.17) is 0 Å². The van der Waals surface area contributed by atoms with Crippen molar-refractivity contribution in [1.29, 1.82) is 0 Å². The number of thiazole rings is 1. The Morgan fingerprint density at radius 2 is 1.97 bits per heavy atom. The highest BCUT2D eigenvalue weighted by molar-refractivity contribution is 7.14. The third-order valence-corrected chi connectivity index (χ3v) is 4.77. The topological polar surface area (TPSA) is 112 Å². The number of rotatable bonds is 8. The third kappa shape index (κ3) is 5.14. The minimum atomic E-state index is -3.16. The van der Waals surface area contributed by atoms with Crippen molar-refractivity contribution in [2.45, 2.75) is 26.5 Å². The van der Waals surface area contributed by atoms with E-state index < -0.39 is 41.8 Å². The molecule has 14 heteroatoms. The Bertz CT molecular complexity index is 1100. The fourth-order valence-electron chi connectivity index (χ4n) is 2.65. The van der Waals surface area contributed by atoms with E-state index in [1.807, 2.05) is 0 Å². The molecule has 9 nitrogen and oxygen atoms in total. The van der Waals surface area contributed by atoms with Gasteiger partial charge in [-0.3, -0.25) is 19.6 Å². The summed E-state index contributed by atoms with van der Waals surface area (Å²) in [5.41, 5.74) is -0.987. The van der Waals surface area contributed by atoms with Gasteiger partial charge in [-0.1, -0.05) is 0 Å². The molecule has 164 valence electrons. The van der Waals surface area contributed by atoms with Gasteiger partial charge in [0.2, 0.25) is 11.6 Å². The number of nitro groups is 1. The van der Waals surface area contributed by atoms with Crippen molar-refractivity contribution in [3.63, 3.8) is 0 Å². The highest BCUT2D eigenvalue weighted by Gasteiger charge is 2.31. The molecule has 3 aromatic rings. The first-order chi connectivity index (χ1) is 14.7. The monoisotopic (exact) mass is 459 g/mol. The van der Waals surface area contributed by atoms with Crippen LogP contribution in [-0.2, 0) is 11.3 Å². The smallest absolute Gasteiger partial charge is 0.387 e. The molecule has 1 amide bonds. The van der Waals surface area contributed by atoms with Crippen molar-refractivity contribution < 1.29 is 32.0 Å². The second-order valence-corrected chi connectivity index (χ2v) is 6.88. The first-order valence-electron chi connectivity index (χ1n) is 8.46. The summed E-state index contributed by atoms with van der Waals surface area (Å²) in [5.74, 6) is -0.697. The maximum absolute atomic E-state index is 13.0. The van der Waals surface area contributed by atoms with Gasteiger partial charge in [0.05, 0.1) is 10.6 Å². The van der Waals surface area contributed by atoms with E-state index in [0.717, 1.165) is 16.0 Å². The van der Waals surface area contributed by atoms with Gasteiger partial charge >= 0.3 is 12.3 Å². The summed E-state index contributed by atoms with van der Waals surface area (Å²) in [6.45, 7) is -2.26. The van der Waals surface area contributed by atoms with Crippen LogP contribution in [-0.4, -0.2) is 32.2 Å². The molecule has 0 aliphatic rings. The van der Waals surface area contributed by atoms with Gasteiger partial charge in [-0.25, -0.2) is 13.8 Å². The number of aromatic nitrogens is 3. The number of anilines is 1. The zero-order valence-corrected chi connectivity index (χ0v) is 16.4. The van der Waals surface area contributed by atoms with Crippen LogP contribution in [0.3, 0.4) is 0 Å². The lowest BCUT2D eigenvalue weighted by Gasteiger charge is -2.05. The summed E-state index contributed by atoms with van der Waals surface area (Å²) in [5, 5.41) is 18.7. The van der Waals surface area contributed by atoms with Crippen LogP contribution in [0.15, 0.2) is 29.6 Å². The average Bonchev–Trinajstić information content (AvgIpc) is 3.27. The summed E-state index contributed by atoms with van der Waals surface area (Å²) >= 11 is 1.07. The quantitative estimate of drug-likeness (QED) is 0.304. The summed E-state index contributed by atoms with van der Waals surface area (Å²) in [6, 6.07) is 5.70. The molecule has 1 aromatic carbocycles. The van der Waals surface area contributed by atoms with Crippen LogP contribution in [0.1, 0.15) is 17.8 Å². The van der Waals surface area contributed by atoms with Crippen molar-refractivity contribution in [2.24, 2.45) is 0 Å². The number of hydrogen-bond donors (Lipinski definition) is 1. The van der Waals surface area contributed by atoms with E-state index in [1.165, 1.54) is 31.2 Å². The van der Waals surface area contributed by atoms with Gasteiger partial charge < -0.3 is 10.1 Å². The highest BCUT2D eigenvalue weighted by Crippen LogP contribution is 2.31. The maximum Gasteiger partial charge on any atom is 0.387 e. The molecule has 0 saturated heterocycles. The van der Waals surface area contributed by atoms with Crippen LogP contribution >= 0.6 is 11.3 Å². The fourth-order valence-corrected chi connectivity index (χ4v) is 3.39. The van der Waals surface area contributed by atoms with Crippen LogP contribution in [0.2, 0.25) is 0 Å². The van der Waals surface area contributed by atoms with E-state index in [2.05, 4.69) is 20.1 Å². The van der Waals surface area contributed by atoms with Crippen molar-refractivity contribution in [3.05, 3.63) is 51.1 Å². The molecular formula is C17H13F4N5O4S. The van der Waals surface area contributed by atoms with Crippen LogP contribution in [0.5, 0.6) is 5.75 Å². The number of carbonyl (C=O) groups is 1. The second-order valence-electron chi connectivity index (χ2n) is 6.02. The number of ether oxygens (including phenoxy) is 1. The van der Waals surface area contributed by atoms with Crippen molar-refractivity contribution in [3.8, 4) is 17.0 Å². The van der Waals surface area contributed by atoms with E-state index in [-0.39, 0.29) is 16.6 Å². The number of nitrogens with one attached hydrogen (secondary N) is 1. The Morgan fingerprint density at radius 3 is 2.52 bits per heavy atom. The molecule has 0 aliphatic carbocycles. The highest BCUT2D eigenvalue weighted by atomic mass is 32.1. The average molecular weight is 459 g/mol. The molecular weight excluding hydrogens is 446 g/mol. The minimum absolute atomic E-state index is 0.0191. The Hall–Kier alpha value is -3.55. The Kier molecular flexibility index (Phi) is 6.48. The minimum Gasteiger partial charge on any atom is -0.435 e. The molecule has 0 aliphatic heterocycles. The van der Waals surface area contributed by atoms with E-state index in [0.29, 0.717) is 11.3 Å². The predicted molar refractivity (Wildman–Crippen MR) is 101 cm³/mol. The standard InChI is InChI=1S/C17H13F4N5O4S/c1-8-14(26(28)29)13(15(18)19)24-25(8)6-12(27)23-17-22-11(7-31-17)9-2-4-10(5-3-9)30-16(20)21/h2-5,7,15-16H,6H2,1H3,(H,22,23,27). The lowest BCUT2D eigenvalue weighted by atomic mass is 10.2. The molecule has 1 N–H and O–H groups in total. The van der Waals surface area contributed by atoms with Crippen LogP contribution in [0.4, 0.5) is 28.4 Å². The van der Waals surface area contributed by atoms with Crippen LogP contribution in [0.25, 0.3) is 11.3 Å². The molecule has 2 aromatic heterocycles. The molecule has 2 heterocycles. The van der Waals surface area contributed by atoms with Crippen LogP contribution in [0, 0.1) is 17.0 Å². The van der Waals surface area contributed by atoms with E-state index in [1.54, 1.807) is 5.38 Å². The molecule has 0 spiro atoms. The molecule has 3 rings (SSSR count). The van der Waals surface area contributed by atoms with Gasteiger partial charge in [-0.15, -0.1) is 11.3 Å². The normalized spacial score (nSPS) is 11.2. The van der Waals surface area contributed by atoms with Gasteiger partial charge in [0, 0.05) is 10.9 Å². The second kappa shape index (κ2) is 9.07. The zero-order chi connectivity index (χ0) is 22.7. The number of carbonyl (C=O) groups excluding carboxylic acids is 1. The number of hydrogen-bond acceptors (Lipinski definition) is 7. The lowest BCUT2D eigenvalue weighted by Crippen LogP contribution is -2.20. The molecule has 0 fully saturated rings. The first-order valence-corrected chi connectivity index (χ1v) is 9.34. The van der Waals surface area contributed by atoms with Crippen LogP contribution < -0.4 is 10.1 Å². The summed E-state index contributed by atoms with van der Waals surface area (Å²) < 4.78 is 55.5. The Morgan fingerprint density at radius 1 is 1.29 bits per heavy atom. The number of halogens is 4. The predicted octanol–water partition coefficient (Wildman–Crippen LogP) is 4.40. The number of benzene rings is 1. The molecule has 0 saturated carbocycles. The maximum atomic E-state index is 13.0. The molecule has 0 radical (unpaired) electrons. The van der Waals surface area contributed by atoms with Gasteiger partial charge in [-0.05, 0) is 31.2 Å². The molecule has 0 unspecified atom stereocenters. The Labute approximate surface area is 175 Å². The molecule has 0 atom stereocenters. The first kappa shape index (κ1) is 22.1. The molecule has 0 bridgehead atoms. The SMILES string of the molecule is Cc1c([N+](=O)[O-])c(C(F)F)nn1CC(=O)Nc1nc(-c2ccc(OC(F)F)cc2)cs1. The third-order valence-electron chi connectivity index (χ3n) is 4.01. The van der Waals surface area contributed by atoms with Gasteiger partial charge in [0.1, 0.15) is 18.0 Å². The zero-order valence-electron chi connectivity index (χ0n) is 15.6. The van der Waals surface area contributed by atoms with Gasteiger partial charge in [0.25, 0.3) is 6.43 Å². The van der Waals surface area contributed by atoms with E-state index in [9.17, 15) is 32.5 Å². The van der Waals surface area contributed by atoms with E-state index >= 15 is 0 Å². The number of amides is 1. The number of alkyl halides is 4. The van der Waals surface area contributed by atoms with Crippen molar-refractivity contribution in [1.82, 2.24) is 14.8 Å². The largest absolute Gasteiger partial charge is 0.435 e. The van der Waals surface area contributed by atoms with Crippen molar-refractivity contribution in [2.75, 3.05) is 5.32 Å². The summed E-state index contributed by atoms with van der Waals surface area (Å²) in [6.07, 6.45) is -3.16. The lowest BCUT2D eigenvalue weighted by molar-refractivity contribution is -0.386. The summed E-state index contributed by atoms with van der Waals surface area (Å²) in [7, 11) is 0. The van der Waals surface area contributed by atoms with Gasteiger partial charge in [0.15, 0.2) is 5.13 Å². The fraction of sp³-hybridized carbons (Fsp3) is 0.235.